The van der Waals surface area contributed by atoms with Crippen LogP contribution in [0.1, 0.15) is 17.5 Å². The molecule has 0 saturated carbocycles. The molecule has 1 aromatic rings. The largest absolute Gasteiger partial charge is 0.453 e. The lowest BCUT2D eigenvalue weighted by Crippen LogP contribution is -2.40. The SMILES string of the molecule is COC(=O)NCC1OC(=O)N2c3cc(F)c(C4=CCN(C=O)CC4)cc3C[C@@H]12. The number of alkyl carbamates (subject to hydrolysis) is 1. The summed E-state index contributed by atoms with van der Waals surface area (Å²) in [7, 11) is 1.26. The first-order chi connectivity index (χ1) is 13.5. The van der Waals surface area contributed by atoms with Gasteiger partial charge in [0, 0.05) is 18.7 Å². The number of fused-ring (bicyclic) bond motifs is 3. The van der Waals surface area contributed by atoms with Crippen molar-refractivity contribution in [2.75, 3.05) is 31.6 Å². The molecule has 9 heteroatoms. The summed E-state index contributed by atoms with van der Waals surface area (Å²) in [6, 6.07) is 2.85. The van der Waals surface area contributed by atoms with Crippen LogP contribution in [0, 0.1) is 5.82 Å². The molecule has 1 aromatic carbocycles. The number of halogens is 1. The molecular weight excluding hydrogens is 369 g/mol. The van der Waals surface area contributed by atoms with Gasteiger partial charge in [0.1, 0.15) is 11.9 Å². The predicted molar refractivity (Wildman–Crippen MR) is 97.3 cm³/mol. The number of hydrogen-bond acceptors (Lipinski definition) is 5. The van der Waals surface area contributed by atoms with Crippen LogP contribution in [0.2, 0.25) is 0 Å². The zero-order chi connectivity index (χ0) is 19.8. The molecule has 3 aliphatic rings. The Morgan fingerprint density at radius 2 is 2.29 bits per heavy atom. The number of amides is 3. The molecule has 1 unspecified atom stereocenters. The number of cyclic esters (lactones) is 1. The lowest BCUT2D eigenvalue weighted by molar-refractivity contribution is -0.117. The number of carbonyl (C=O) groups excluding carboxylic acids is 3. The highest BCUT2D eigenvalue weighted by Crippen LogP contribution is 2.41. The van der Waals surface area contributed by atoms with E-state index in [2.05, 4.69) is 10.1 Å². The maximum Gasteiger partial charge on any atom is 0.415 e. The molecule has 0 spiro atoms. The zero-order valence-electron chi connectivity index (χ0n) is 15.3. The van der Waals surface area contributed by atoms with Crippen LogP contribution in [-0.4, -0.2) is 62.4 Å². The van der Waals surface area contributed by atoms with Crippen LogP contribution < -0.4 is 10.2 Å². The van der Waals surface area contributed by atoms with Gasteiger partial charge >= 0.3 is 12.2 Å². The molecule has 0 radical (unpaired) electrons. The zero-order valence-corrected chi connectivity index (χ0v) is 15.3. The molecule has 8 nitrogen and oxygen atoms in total. The van der Waals surface area contributed by atoms with Gasteiger partial charge in [-0.15, -0.1) is 0 Å². The van der Waals surface area contributed by atoms with Crippen molar-refractivity contribution in [1.82, 2.24) is 10.2 Å². The van der Waals surface area contributed by atoms with E-state index in [-0.39, 0.29) is 12.6 Å². The van der Waals surface area contributed by atoms with Crippen molar-refractivity contribution in [3.8, 4) is 0 Å². The Bertz CT molecular complexity index is 871. The first kappa shape index (κ1) is 18.3. The number of ether oxygens (including phenoxy) is 2. The Hall–Kier alpha value is -3.10. The number of nitrogens with zero attached hydrogens (tertiary/aromatic N) is 2. The summed E-state index contributed by atoms with van der Waals surface area (Å²) in [5, 5.41) is 2.54. The molecule has 1 N–H and O–H groups in total. The van der Waals surface area contributed by atoms with Gasteiger partial charge in [-0.1, -0.05) is 6.08 Å². The highest BCUT2D eigenvalue weighted by Gasteiger charge is 2.48. The molecule has 3 aliphatic heterocycles. The minimum atomic E-state index is -0.605. The van der Waals surface area contributed by atoms with E-state index in [0.717, 1.165) is 17.5 Å². The van der Waals surface area contributed by atoms with Crippen LogP contribution in [-0.2, 0) is 20.7 Å². The highest BCUT2D eigenvalue weighted by molar-refractivity contribution is 5.94. The van der Waals surface area contributed by atoms with Gasteiger partial charge in [-0.25, -0.2) is 14.0 Å². The van der Waals surface area contributed by atoms with E-state index >= 15 is 0 Å². The van der Waals surface area contributed by atoms with Gasteiger partial charge in [0.25, 0.3) is 0 Å². The predicted octanol–water partition coefficient (Wildman–Crippen LogP) is 1.68. The lowest BCUT2D eigenvalue weighted by atomic mass is 9.95. The van der Waals surface area contributed by atoms with Gasteiger partial charge in [-0.3, -0.25) is 9.69 Å². The van der Waals surface area contributed by atoms with E-state index in [1.54, 1.807) is 11.0 Å². The monoisotopic (exact) mass is 389 g/mol. The van der Waals surface area contributed by atoms with Gasteiger partial charge in [-0.05, 0) is 36.1 Å². The molecule has 2 atom stereocenters. The maximum atomic E-state index is 14.8. The van der Waals surface area contributed by atoms with Gasteiger partial charge < -0.3 is 19.7 Å². The third kappa shape index (κ3) is 3.06. The molecule has 28 heavy (non-hydrogen) atoms. The smallest absolute Gasteiger partial charge is 0.415 e. The summed E-state index contributed by atoms with van der Waals surface area (Å²) in [4.78, 5) is 37.5. The van der Waals surface area contributed by atoms with E-state index in [1.165, 1.54) is 18.1 Å². The topological polar surface area (TPSA) is 88.2 Å². The summed E-state index contributed by atoms with van der Waals surface area (Å²) in [6.07, 6.45) is 2.04. The van der Waals surface area contributed by atoms with Crippen molar-refractivity contribution in [3.63, 3.8) is 0 Å². The average Bonchev–Trinajstić information content (AvgIpc) is 3.22. The third-order valence-corrected chi connectivity index (χ3v) is 5.44. The number of benzene rings is 1. The Balaban J connectivity index is 1.57. The van der Waals surface area contributed by atoms with E-state index in [1.807, 2.05) is 6.08 Å². The van der Waals surface area contributed by atoms with Crippen LogP contribution in [0.3, 0.4) is 0 Å². The quantitative estimate of drug-likeness (QED) is 0.792. The number of nitrogens with one attached hydrogen (secondary N) is 1. The molecular formula is C19H20FN3O5. The van der Waals surface area contributed by atoms with Crippen LogP contribution in [0.25, 0.3) is 5.57 Å². The molecule has 0 aromatic heterocycles. The fourth-order valence-corrected chi connectivity index (χ4v) is 3.99. The molecule has 4 rings (SSSR count). The molecule has 0 aliphatic carbocycles. The summed E-state index contributed by atoms with van der Waals surface area (Å²) in [5.74, 6) is -0.408. The minimum absolute atomic E-state index is 0.121. The molecule has 1 fully saturated rings. The normalized spacial score (nSPS) is 22.9. The number of carbonyl (C=O) groups is 3. The van der Waals surface area contributed by atoms with E-state index < -0.39 is 24.1 Å². The van der Waals surface area contributed by atoms with Crippen molar-refractivity contribution >= 4 is 29.9 Å². The standard InChI is InChI=1S/C19H20FN3O5/c1-27-18(25)21-9-17-16-7-12-6-13(11-2-4-22(10-24)5-3-11)14(20)8-15(12)23(16)19(26)28-17/h2,6,8,10,16-17H,3-5,7,9H2,1H3,(H,21,25)/t16-,17?/m0/s1. The van der Waals surface area contributed by atoms with Crippen molar-refractivity contribution in [2.45, 2.75) is 25.0 Å². The fraction of sp³-hybridized carbons (Fsp3) is 0.421. The van der Waals surface area contributed by atoms with E-state index in [4.69, 9.17) is 4.74 Å². The fourth-order valence-electron chi connectivity index (χ4n) is 3.99. The van der Waals surface area contributed by atoms with Crippen LogP contribution in [0.5, 0.6) is 0 Å². The number of anilines is 1. The third-order valence-electron chi connectivity index (χ3n) is 5.44. The summed E-state index contributed by atoms with van der Waals surface area (Å²) >= 11 is 0. The van der Waals surface area contributed by atoms with Crippen LogP contribution >= 0.6 is 0 Å². The second-order valence-electron chi connectivity index (χ2n) is 6.98. The molecule has 3 heterocycles. The summed E-state index contributed by atoms with van der Waals surface area (Å²) < 4.78 is 24.7. The Morgan fingerprint density at radius 3 is 2.96 bits per heavy atom. The van der Waals surface area contributed by atoms with Crippen molar-refractivity contribution in [2.24, 2.45) is 0 Å². The van der Waals surface area contributed by atoms with Gasteiger partial charge in [0.05, 0.1) is 25.4 Å². The summed E-state index contributed by atoms with van der Waals surface area (Å²) in [5.41, 5.74) is 2.72. The minimum Gasteiger partial charge on any atom is -0.453 e. The molecule has 0 bridgehead atoms. The molecule has 3 amide bonds. The average molecular weight is 389 g/mol. The first-order valence-corrected chi connectivity index (χ1v) is 9.04. The van der Waals surface area contributed by atoms with Crippen LogP contribution in [0.15, 0.2) is 18.2 Å². The number of methoxy groups -OCH3 is 1. The second-order valence-corrected chi connectivity index (χ2v) is 6.98. The van der Waals surface area contributed by atoms with Crippen molar-refractivity contribution in [1.29, 1.82) is 0 Å². The van der Waals surface area contributed by atoms with E-state index in [0.29, 0.717) is 37.2 Å². The van der Waals surface area contributed by atoms with Gasteiger partial charge in [0.2, 0.25) is 6.41 Å². The van der Waals surface area contributed by atoms with E-state index in [9.17, 15) is 18.8 Å². The highest BCUT2D eigenvalue weighted by atomic mass is 19.1. The van der Waals surface area contributed by atoms with Crippen molar-refractivity contribution in [3.05, 3.63) is 35.2 Å². The van der Waals surface area contributed by atoms with Gasteiger partial charge in [-0.2, -0.15) is 0 Å². The lowest BCUT2D eigenvalue weighted by Gasteiger charge is -2.23. The Morgan fingerprint density at radius 1 is 1.46 bits per heavy atom. The summed E-state index contributed by atoms with van der Waals surface area (Å²) in [6.45, 7) is 1.13. The van der Waals surface area contributed by atoms with Crippen molar-refractivity contribution < 1.29 is 28.2 Å². The number of rotatable bonds is 4. The molecule has 148 valence electrons. The molecule has 1 saturated heterocycles. The second kappa shape index (κ2) is 7.14. The van der Waals surface area contributed by atoms with Gasteiger partial charge in [0.15, 0.2) is 0 Å². The number of hydrogen-bond donors (Lipinski definition) is 1. The first-order valence-electron chi connectivity index (χ1n) is 9.04. The Labute approximate surface area is 160 Å². The maximum absolute atomic E-state index is 14.8. The van der Waals surface area contributed by atoms with Crippen LogP contribution in [0.4, 0.5) is 19.7 Å². The Kier molecular flexibility index (Phi) is 4.66.